The minimum Gasteiger partial charge on any atom is -0.493 e. The Morgan fingerprint density at radius 1 is 1.32 bits per heavy atom. The van der Waals surface area contributed by atoms with Crippen molar-refractivity contribution < 1.29 is 14.3 Å². The molecule has 1 aliphatic heterocycles. The van der Waals surface area contributed by atoms with Gasteiger partial charge in [-0.25, -0.2) is 4.79 Å². The molecule has 1 unspecified atom stereocenters. The Kier molecular flexibility index (Phi) is 4.18. The van der Waals surface area contributed by atoms with Crippen LogP contribution in [0.1, 0.15) is 35.4 Å². The molecule has 0 spiro atoms. The average molecular weight is 299 g/mol. The van der Waals surface area contributed by atoms with E-state index in [0.717, 1.165) is 17.7 Å². The highest BCUT2D eigenvalue weighted by molar-refractivity contribution is 5.87. The zero-order valence-electron chi connectivity index (χ0n) is 12.3. The molecule has 22 heavy (non-hydrogen) atoms. The van der Waals surface area contributed by atoms with Crippen LogP contribution in [0.3, 0.4) is 0 Å². The summed E-state index contributed by atoms with van der Waals surface area (Å²) in [4.78, 5) is 11.5. The standard InChI is InChI=1S/C16H17N3O3/c1-2-21-16(20)13-7-8-15(19-18-13)17-12-9-10-22-14-6-4-3-5-11(12)14/h3-8,12H,2,9-10H2,1H3,(H,17,19). The van der Waals surface area contributed by atoms with Gasteiger partial charge in [0.05, 0.1) is 19.3 Å². The van der Waals surface area contributed by atoms with Gasteiger partial charge in [0.1, 0.15) is 11.6 Å². The predicted molar refractivity (Wildman–Crippen MR) is 80.9 cm³/mol. The van der Waals surface area contributed by atoms with E-state index < -0.39 is 5.97 Å². The van der Waals surface area contributed by atoms with E-state index in [1.807, 2.05) is 24.3 Å². The molecule has 2 aromatic rings. The first kappa shape index (κ1) is 14.3. The molecule has 1 N–H and O–H groups in total. The number of para-hydroxylation sites is 1. The van der Waals surface area contributed by atoms with Crippen molar-refractivity contribution in [2.24, 2.45) is 0 Å². The lowest BCUT2D eigenvalue weighted by atomic mass is 10.0. The topological polar surface area (TPSA) is 73.3 Å². The van der Waals surface area contributed by atoms with Gasteiger partial charge in [0.2, 0.25) is 0 Å². The lowest BCUT2D eigenvalue weighted by Crippen LogP contribution is -2.21. The Bertz CT molecular complexity index is 658. The van der Waals surface area contributed by atoms with Crippen molar-refractivity contribution in [2.45, 2.75) is 19.4 Å². The van der Waals surface area contributed by atoms with Crippen LogP contribution in [0.2, 0.25) is 0 Å². The van der Waals surface area contributed by atoms with Crippen LogP contribution in [0.4, 0.5) is 5.82 Å². The molecule has 1 aliphatic rings. The van der Waals surface area contributed by atoms with Gasteiger partial charge in [-0.1, -0.05) is 18.2 Å². The molecule has 6 nitrogen and oxygen atoms in total. The van der Waals surface area contributed by atoms with Crippen LogP contribution >= 0.6 is 0 Å². The molecule has 1 aromatic heterocycles. The van der Waals surface area contributed by atoms with Crippen LogP contribution in [0.25, 0.3) is 0 Å². The zero-order chi connectivity index (χ0) is 15.4. The van der Waals surface area contributed by atoms with Gasteiger partial charge in [-0.05, 0) is 25.1 Å². The van der Waals surface area contributed by atoms with E-state index in [0.29, 0.717) is 19.0 Å². The summed E-state index contributed by atoms with van der Waals surface area (Å²) >= 11 is 0. The lowest BCUT2D eigenvalue weighted by molar-refractivity contribution is 0.0518. The Morgan fingerprint density at radius 2 is 2.18 bits per heavy atom. The van der Waals surface area contributed by atoms with Crippen molar-refractivity contribution in [1.29, 1.82) is 0 Å². The number of ether oxygens (including phenoxy) is 2. The predicted octanol–water partition coefficient (Wildman–Crippen LogP) is 2.59. The number of fused-ring (bicyclic) bond motifs is 1. The molecule has 114 valence electrons. The first-order valence-corrected chi connectivity index (χ1v) is 7.27. The van der Waals surface area contributed by atoms with Crippen molar-refractivity contribution in [3.63, 3.8) is 0 Å². The highest BCUT2D eigenvalue weighted by atomic mass is 16.5. The second-order valence-corrected chi connectivity index (χ2v) is 4.90. The summed E-state index contributed by atoms with van der Waals surface area (Å²) in [5, 5.41) is 11.3. The van der Waals surface area contributed by atoms with E-state index in [1.54, 1.807) is 19.1 Å². The lowest BCUT2D eigenvalue weighted by Gasteiger charge is -2.26. The maximum atomic E-state index is 11.5. The van der Waals surface area contributed by atoms with E-state index in [1.165, 1.54) is 0 Å². The number of nitrogens with one attached hydrogen (secondary N) is 1. The molecular formula is C16H17N3O3. The van der Waals surface area contributed by atoms with Gasteiger partial charge < -0.3 is 14.8 Å². The van der Waals surface area contributed by atoms with E-state index in [2.05, 4.69) is 15.5 Å². The van der Waals surface area contributed by atoms with Crippen molar-refractivity contribution in [1.82, 2.24) is 10.2 Å². The van der Waals surface area contributed by atoms with Crippen LogP contribution in [-0.2, 0) is 4.74 Å². The molecule has 0 saturated heterocycles. The number of carbonyl (C=O) groups excluding carboxylic acids is 1. The van der Waals surface area contributed by atoms with Crippen LogP contribution in [0.15, 0.2) is 36.4 Å². The van der Waals surface area contributed by atoms with Crippen LogP contribution in [0, 0.1) is 0 Å². The Balaban J connectivity index is 1.73. The molecule has 1 aromatic carbocycles. The molecule has 3 rings (SSSR count). The maximum Gasteiger partial charge on any atom is 0.358 e. The summed E-state index contributed by atoms with van der Waals surface area (Å²) < 4.78 is 10.5. The molecule has 0 radical (unpaired) electrons. The third-order valence-corrected chi connectivity index (χ3v) is 3.43. The number of rotatable bonds is 4. The molecule has 2 heterocycles. The number of hydrogen-bond donors (Lipinski definition) is 1. The van der Waals surface area contributed by atoms with Crippen molar-refractivity contribution in [3.05, 3.63) is 47.7 Å². The molecular weight excluding hydrogens is 282 g/mol. The van der Waals surface area contributed by atoms with Gasteiger partial charge in [-0.3, -0.25) is 0 Å². The number of carbonyl (C=O) groups is 1. The van der Waals surface area contributed by atoms with Crippen molar-refractivity contribution in [2.75, 3.05) is 18.5 Å². The fraction of sp³-hybridized carbons (Fsp3) is 0.312. The number of hydrogen-bond acceptors (Lipinski definition) is 6. The number of nitrogens with zero attached hydrogens (tertiary/aromatic N) is 2. The molecule has 6 heteroatoms. The second kappa shape index (κ2) is 6.43. The molecule has 0 fully saturated rings. The largest absolute Gasteiger partial charge is 0.493 e. The van der Waals surface area contributed by atoms with E-state index in [4.69, 9.17) is 9.47 Å². The molecule has 0 aliphatic carbocycles. The summed E-state index contributed by atoms with van der Waals surface area (Å²) in [6, 6.07) is 11.4. The first-order valence-electron chi connectivity index (χ1n) is 7.27. The van der Waals surface area contributed by atoms with Gasteiger partial charge >= 0.3 is 5.97 Å². The van der Waals surface area contributed by atoms with Crippen LogP contribution in [-0.4, -0.2) is 29.4 Å². The molecule has 0 bridgehead atoms. The maximum absolute atomic E-state index is 11.5. The third kappa shape index (κ3) is 3.00. The smallest absolute Gasteiger partial charge is 0.358 e. The summed E-state index contributed by atoms with van der Waals surface area (Å²) in [7, 11) is 0. The van der Waals surface area contributed by atoms with Gasteiger partial charge in [0, 0.05) is 12.0 Å². The van der Waals surface area contributed by atoms with Gasteiger partial charge in [0.15, 0.2) is 5.69 Å². The van der Waals surface area contributed by atoms with E-state index >= 15 is 0 Å². The first-order chi connectivity index (χ1) is 10.8. The quantitative estimate of drug-likeness (QED) is 0.875. The normalized spacial score (nSPS) is 16.3. The SMILES string of the molecule is CCOC(=O)c1ccc(NC2CCOc3ccccc32)nn1. The van der Waals surface area contributed by atoms with Crippen LogP contribution < -0.4 is 10.1 Å². The molecule has 0 saturated carbocycles. The molecule has 1 atom stereocenters. The fourth-order valence-corrected chi connectivity index (χ4v) is 2.39. The summed E-state index contributed by atoms with van der Waals surface area (Å²) in [5.41, 5.74) is 1.31. The summed E-state index contributed by atoms with van der Waals surface area (Å²) in [6.45, 7) is 2.73. The number of aromatic nitrogens is 2. The zero-order valence-corrected chi connectivity index (χ0v) is 12.3. The molecule has 0 amide bonds. The minimum atomic E-state index is -0.460. The van der Waals surface area contributed by atoms with Gasteiger partial charge in [0.25, 0.3) is 0 Å². The number of esters is 1. The third-order valence-electron chi connectivity index (χ3n) is 3.43. The van der Waals surface area contributed by atoms with Crippen molar-refractivity contribution in [3.8, 4) is 5.75 Å². The second-order valence-electron chi connectivity index (χ2n) is 4.90. The Hall–Kier alpha value is -2.63. The average Bonchev–Trinajstić information content (AvgIpc) is 2.56. The fourth-order valence-electron chi connectivity index (χ4n) is 2.39. The van der Waals surface area contributed by atoms with Crippen molar-refractivity contribution >= 4 is 11.8 Å². The van der Waals surface area contributed by atoms with E-state index in [9.17, 15) is 4.79 Å². The van der Waals surface area contributed by atoms with Crippen LogP contribution in [0.5, 0.6) is 5.75 Å². The van der Waals surface area contributed by atoms with Gasteiger partial charge in [-0.15, -0.1) is 10.2 Å². The summed E-state index contributed by atoms with van der Waals surface area (Å²) in [5.74, 6) is 1.05. The monoisotopic (exact) mass is 299 g/mol. The minimum absolute atomic E-state index is 0.118. The highest BCUT2D eigenvalue weighted by Crippen LogP contribution is 2.33. The summed E-state index contributed by atoms with van der Waals surface area (Å²) in [6.07, 6.45) is 0.846. The highest BCUT2D eigenvalue weighted by Gasteiger charge is 2.21. The Morgan fingerprint density at radius 3 is 2.95 bits per heavy atom. The van der Waals surface area contributed by atoms with E-state index in [-0.39, 0.29) is 11.7 Å². The number of benzene rings is 1. The number of anilines is 1. The van der Waals surface area contributed by atoms with Gasteiger partial charge in [-0.2, -0.15) is 0 Å². The Labute approximate surface area is 128 Å².